The molecule has 8 atom stereocenters. The average Bonchev–Trinajstić information content (AvgIpc) is 3.86. The Hall–Kier alpha value is -3.55. The predicted molar refractivity (Wildman–Crippen MR) is 202 cm³/mol. The number of ether oxygens (including phenoxy) is 3. The summed E-state index contributed by atoms with van der Waals surface area (Å²) in [5.41, 5.74) is 4.28. The third kappa shape index (κ3) is 7.98. The minimum absolute atomic E-state index is 0.0138. The Kier molecular flexibility index (Phi) is 11.9. The number of hydrogen-bond acceptors (Lipinski definition) is 8. The van der Waals surface area contributed by atoms with Crippen LogP contribution in [0.4, 0.5) is 0 Å². The van der Waals surface area contributed by atoms with Crippen LogP contribution in [0.3, 0.4) is 0 Å². The highest BCUT2D eigenvalue weighted by molar-refractivity contribution is 5.91. The number of carbonyl (C=O) groups excluding carboxylic acids is 3. The number of furan rings is 2. The molecule has 0 radical (unpaired) electrons. The number of hydrogen-bond donors (Lipinski definition) is 0. The van der Waals surface area contributed by atoms with E-state index in [9.17, 15) is 14.4 Å². The van der Waals surface area contributed by atoms with Gasteiger partial charge in [-0.2, -0.15) is 0 Å². The SMILES string of the molecule is CC(=O)OCC12CCC(C)C(C)(CCc3ccoc3)C1CCC=C2COC(=O)CC(=O)OCC1=CCCC2C1(C)CCC(C)C2(C)CCc1ccoc1. The van der Waals surface area contributed by atoms with Gasteiger partial charge in [0.2, 0.25) is 0 Å². The van der Waals surface area contributed by atoms with Crippen molar-refractivity contribution in [1.82, 2.24) is 0 Å². The Bertz CT molecular complexity index is 1640. The first-order valence-electron chi connectivity index (χ1n) is 20.2. The Labute approximate surface area is 316 Å². The second-order valence-corrected chi connectivity index (χ2v) is 17.7. The zero-order valence-corrected chi connectivity index (χ0v) is 33.0. The molecule has 0 aliphatic heterocycles. The molecular formula is C45H62O8. The van der Waals surface area contributed by atoms with Crippen molar-refractivity contribution < 1.29 is 37.4 Å². The summed E-state index contributed by atoms with van der Waals surface area (Å²) in [6, 6.07) is 4.09. The van der Waals surface area contributed by atoms with E-state index in [0.29, 0.717) is 17.8 Å². The highest BCUT2D eigenvalue weighted by Gasteiger charge is 2.57. The number of fused-ring (bicyclic) bond motifs is 2. The summed E-state index contributed by atoms with van der Waals surface area (Å²) in [6.45, 7) is 13.9. The minimum Gasteiger partial charge on any atom is -0.472 e. The molecule has 0 N–H and O–H groups in total. The van der Waals surface area contributed by atoms with Crippen LogP contribution < -0.4 is 0 Å². The van der Waals surface area contributed by atoms with Crippen LogP contribution in [-0.2, 0) is 41.4 Å². The second kappa shape index (κ2) is 16.0. The second-order valence-electron chi connectivity index (χ2n) is 17.7. The van der Waals surface area contributed by atoms with Crippen molar-refractivity contribution in [2.24, 2.45) is 45.3 Å². The van der Waals surface area contributed by atoms with Crippen molar-refractivity contribution in [1.29, 1.82) is 0 Å². The van der Waals surface area contributed by atoms with E-state index in [2.05, 4.69) is 52.8 Å². The number of esters is 3. The summed E-state index contributed by atoms with van der Waals surface area (Å²) < 4.78 is 28.2. The van der Waals surface area contributed by atoms with Crippen molar-refractivity contribution in [3.05, 3.63) is 71.6 Å². The summed E-state index contributed by atoms with van der Waals surface area (Å²) in [5.74, 6) is 0.348. The topological polar surface area (TPSA) is 105 Å². The van der Waals surface area contributed by atoms with Gasteiger partial charge in [-0.05, 0) is 151 Å². The van der Waals surface area contributed by atoms with Gasteiger partial charge >= 0.3 is 17.9 Å². The van der Waals surface area contributed by atoms with Gasteiger partial charge in [0.15, 0.2) is 0 Å². The number of rotatable bonds is 14. The lowest BCUT2D eigenvalue weighted by Gasteiger charge is -2.59. The van der Waals surface area contributed by atoms with Crippen LogP contribution in [0.1, 0.15) is 123 Å². The summed E-state index contributed by atoms with van der Waals surface area (Å²) in [5, 5.41) is 0. The highest BCUT2D eigenvalue weighted by atomic mass is 16.6. The molecule has 2 saturated carbocycles. The first-order chi connectivity index (χ1) is 25.3. The van der Waals surface area contributed by atoms with Crippen molar-refractivity contribution in [2.45, 2.75) is 125 Å². The van der Waals surface area contributed by atoms with Crippen LogP contribution in [0.25, 0.3) is 0 Å². The van der Waals surface area contributed by atoms with Gasteiger partial charge < -0.3 is 23.0 Å². The molecule has 0 aromatic carbocycles. The lowest BCUT2D eigenvalue weighted by atomic mass is 9.46. The fourth-order valence-corrected chi connectivity index (χ4v) is 11.3. The number of aryl methyl sites for hydroxylation is 2. The van der Waals surface area contributed by atoms with Crippen LogP contribution >= 0.6 is 0 Å². The molecule has 0 bridgehead atoms. The Morgan fingerprint density at radius 1 is 0.717 bits per heavy atom. The Balaban J connectivity index is 1.07. The minimum atomic E-state index is -0.590. The van der Waals surface area contributed by atoms with Gasteiger partial charge in [-0.25, -0.2) is 0 Å². The van der Waals surface area contributed by atoms with Crippen LogP contribution in [0.2, 0.25) is 0 Å². The van der Waals surface area contributed by atoms with Gasteiger partial charge in [0.25, 0.3) is 0 Å². The van der Waals surface area contributed by atoms with Gasteiger partial charge in [-0.1, -0.05) is 46.8 Å². The molecule has 8 unspecified atom stereocenters. The number of allylic oxidation sites excluding steroid dienone is 2. The van der Waals surface area contributed by atoms with Crippen molar-refractivity contribution in [2.75, 3.05) is 19.8 Å². The summed E-state index contributed by atoms with van der Waals surface area (Å²) in [4.78, 5) is 38.5. The molecule has 8 heteroatoms. The van der Waals surface area contributed by atoms with Crippen LogP contribution in [0, 0.1) is 45.3 Å². The van der Waals surface area contributed by atoms with Crippen molar-refractivity contribution in [3.8, 4) is 0 Å². The largest absolute Gasteiger partial charge is 0.472 e. The number of carbonyl (C=O) groups is 3. The van der Waals surface area contributed by atoms with Crippen LogP contribution in [0.15, 0.2) is 69.3 Å². The maximum Gasteiger partial charge on any atom is 0.317 e. The Morgan fingerprint density at radius 3 is 1.81 bits per heavy atom. The van der Waals surface area contributed by atoms with E-state index in [4.69, 9.17) is 23.0 Å². The van der Waals surface area contributed by atoms with E-state index in [-0.39, 0.29) is 48.0 Å². The Morgan fingerprint density at radius 2 is 1.25 bits per heavy atom. The first kappa shape index (κ1) is 39.2. The summed E-state index contributed by atoms with van der Waals surface area (Å²) in [6.07, 6.45) is 23.1. The molecule has 6 rings (SSSR count). The fourth-order valence-electron chi connectivity index (χ4n) is 11.3. The molecule has 4 aliphatic carbocycles. The average molecular weight is 731 g/mol. The predicted octanol–water partition coefficient (Wildman–Crippen LogP) is 10.0. The molecule has 2 heterocycles. The quantitative estimate of drug-likeness (QED) is 0.0819. The summed E-state index contributed by atoms with van der Waals surface area (Å²) in [7, 11) is 0. The van der Waals surface area contributed by atoms with Gasteiger partial charge in [0.1, 0.15) is 26.2 Å². The first-order valence-corrected chi connectivity index (χ1v) is 20.2. The van der Waals surface area contributed by atoms with Gasteiger partial charge in [0, 0.05) is 12.3 Å². The molecule has 4 aliphatic rings. The lowest BCUT2D eigenvalue weighted by molar-refractivity contribution is -0.157. The van der Waals surface area contributed by atoms with E-state index in [1.54, 1.807) is 12.5 Å². The molecule has 0 saturated heterocycles. The standard InChI is InChI=1S/C45H62O8/c1-31-13-19-44(6)36(9-7-11-38(44)42(31,4)20-15-34-17-23-49-26-34)28-51-40(47)25-41(48)52-29-37-10-8-12-39-43(5,21-16-35-18-24-50-27-35)32(2)14-22-45(37,39)30-53-33(3)46/h9-10,17-18,23-24,26-27,31-32,38-39H,7-8,11-16,19-22,25,28-30H2,1-6H3. The summed E-state index contributed by atoms with van der Waals surface area (Å²) >= 11 is 0. The van der Waals surface area contributed by atoms with Gasteiger partial charge in [-0.15, -0.1) is 0 Å². The molecule has 290 valence electrons. The van der Waals surface area contributed by atoms with E-state index >= 15 is 0 Å². The lowest BCUT2D eigenvalue weighted by Crippen LogP contribution is -2.54. The third-order valence-corrected chi connectivity index (χ3v) is 15.1. The fraction of sp³-hybridized carbons (Fsp3) is 0.667. The zero-order chi connectivity index (χ0) is 37.9. The highest BCUT2D eigenvalue weighted by Crippen LogP contribution is 2.63. The molecule has 53 heavy (non-hydrogen) atoms. The van der Waals surface area contributed by atoms with Gasteiger partial charge in [0.05, 0.1) is 25.1 Å². The van der Waals surface area contributed by atoms with E-state index in [1.807, 2.05) is 18.6 Å². The van der Waals surface area contributed by atoms with E-state index < -0.39 is 23.8 Å². The molecule has 0 amide bonds. The molecule has 2 aromatic heterocycles. The van der Waals surface area contributed by atoms with Crippen LogP contribution in [0.5, 0.6) is 0 Å². The van der Waals surface area contributed by atoms with E-state index in [1.165, 1.54) is 23.6 Å². The van der Waals surface area contributed by atoms with Crippen molar-refractivity contribution >= 4 is 17.9 Å². The normalized spacial score (nSPS) is 33.8. The molecular weight excluding hydrogens is 668 g/mol. The molecule has 2 aromatic rings. The molecule has 0 spiro atoms. The van der Waals surface area contributed by atoms with Crippen LogP contribution in [-0.4, -0.2) is 37.7 Å². The maximum atomic E-state index is 13.2. The zero-order valence-electron chi connectivity index (χ0n) is 33.0. The monoisotopic (exact) mass is 730 g/mol. The molecule has 8 nitrogen and oxygen atoms in total. The van der Waals surface area contributed by atoms with E-state index in [0.717, 1.165) is 82.6 Å². The molecule has 2 fully saturated rings. The third-order valence-electron chi connectivity index (χ3n) is 15.1. The van der Waals surface area contributed by atoms with Crippen molar-refractivity contribution in [3.63, 3.8) is 0 Å². The maximum absolute atomic E-state index is 13.2. The smallest absolute Gasteiger partial charge is 0.317 e. The van der Waals surface area contributed by atoms with Gasteiger partial charge in [-0.3, -0.25) is 14.4 Å².